The maximum absolute atomic E-state index is 10.6. The maximum atomic E-state index is 10.6. The first kappa shape index (κ1) is 21.1. The molecular weight excluding hydrogens is 367 g/mol. The molecule has 2 saturated heterocycles. The van der Waals surface area contributed by atoms with Gasteiger partial charge in [-0.05, 0) is 18.9 Å². The molecule has 3 heterocycles. The van der Waals surface area contributed by atoms with Crippen molar-refractivity contribution in [3.05, 3.63) is 31.1 Å². The highest BCUT2D eigenvalue weighted by Gasteiger charge is 2.44. The number of anilines is 1. The monoisotopic (exact) mass is 389 g/mol. The lowest BCUT2D eigenvalue weighted by Crippen LogP contribution is -2.48. The first-order valence-electron chi connectivity index (χ1n) is 8.44. The molecule has 2 atom stereocenters. The van der Waals surface area contributed by atoms with E-state index in [1.807, 2.05) is 6.07 Å². The van der Waals surface area contributed by atoms with Gasteiger partial charge in [-0.1, -0.05) is 6.08 Å². The number of nitrogens with zero attached hydrogens (tertiary/aromatic N) is 3. The van der Waals surface area contributed by atoms with Gasteiger partial charge in [-0.2, -0.15) is 13.2 Å². The highest BCUT2D eigenvalue weighted by atomic mass is 19.4. The van der Waals surface area contributed by atoms with Crippen molar-refractivity contribution in [2.24, 2.45) is 0 Å². The van der Waals surface area contributed by atoms with Gasteiger partial charge in [0, 0.05) is 31.9 Å². The van der Waals surface area contributed by atoms with Crippen molar-refractivity contribution in [2.75, 3.05) is 31.2 Å². The van der Waals surface area contributed by atoms with Gasteiger partial charge in [0.2, 0.25) is 5.95 Å². The van der Waals surface area contributed by atoms with Gasteiger partial charge in [0.05, 0.1) is 24.9 Å². The second-order valence-corrected chi connectivity index (χ2v) is 6.32. The van der Waals surface area contributed by atoms with Gasteiger partial charge in [0.25, 0.3) is 0 Å². The minimum Gasteiger partial charge on any atom is -0.475 e. The zero-order chi connectivity index (χ0) is 19.9. The summed E-state index contributed by atoms with van der Waals surface area (Å²) >= 11 is 0. The van der Waals surface area contributed by atoms with E-state index in [4.69, 9.17) is 19.4 Å². The van der Waals surface area contributed by atoms with Crippen LogP contribution in [0, 0.1) is 0 Å². The van der Waals surface area contributed by atoms with Crippen LogP contribution in [0.3, 0.4) is 0 Å². The zero-order valence-corrected chi connectivity index (χ0v) is 14.7. The lowest BCUT2D eigenvalue weighted by Gasteiger charge is -2.39. The smallest absolute Gasteiger partial charge is 0.475 e. The van der Waals surface area contributed by atoms with E-state index in [1.54, 1.807) is 18.5 Å². The van der Waals surface area contributed by atoms with Gasteiger partial charge in [0.1, 0.15) is 0 Å². The molecule has 2 fully saturated rings. The van der Waals surface area contributed by atoms with Crippen molar-refractivity contribution >= 4 is 11.9 Å². The third kappa shape index (κ3) is 6.17. The summed E-state index contributed by atoms with van der Waals surface area (Å²) in [4.78, 5) is 19.8. The summed E-state index contributed by atoms with van der Waals surface area (Å²) in [6.45, 7) is 6.80. The summed E-state index contributed by atoms with van der Waals surface area (Å²) in [5.41, 5.74) is -0.0940. The standard InChI is InChI=1S/C15H21N3O2.C2HF3O2/c1-2-9-19-13-10-15(20-11-13)5-3-8-18(12-15)14-16-6-4-7-17-14;3-2(4,5)1(6)7/h2,4,6-7,13H,1,3,5,8-12H2;(H,6,7). The molecule has 0 aliphatic carbocycles. The number of carbonyl (C=O) groups is 1. The molecule has 2 aliphatic rings. The number of hydrogen-bond acceptors (Lipinski definition) is 6. The summed E-state index contributed by atoms with van der Waals surface area (Å²) in [5.74, 6) is -1.96. The molecule has 2 unspecified atom stereocenters. The molecule has 1 N–H and O–H groups in total. The molecule has 3 rings (SSSR count). The molecule has 1 aromatic rings. The molecule has 150 valence electrons. The van der Waals surface area contributed by atoms with Crippen LogP contribution in [0.25, 0.3) is 0 Å². The summed E-state index contributed by atoms with van der Waals surface area (Å²) in [7, 11) is 0. The van der Waals surface area contributed by atoms with Gasteiger partial charge >= 0.3 is 12.1 Å². The number of rotatable bonds is 4. The van der Waals surface area contributed by atoms with Gasteiger partial charge in [-0.3, -0.25) is 0 Å². The van der Waals surface area contributed by atoms with Gasteiger partial charge < -0.3 is 19.5 Å². The fraction of sp³-hybridized carbons (Fsp3) is 0.588. The molecule has 1 spiro atoms. The predicted octanol–water partition coefficient (Wildman–Crippen LogP) is 2.44. The average Bonchev–Trinajstić information content (AvgIpc) is 3.02. The number of ether oxygens (including phenoxy) is 2. The molecule has 0 bridgehead atoms. The van der Waals surface area contributed by atoms with Gasteiger partial charge in [-0.25, -0.2) is 14.8 Å². The van der Waals surface area contributed by atoms with Crippen LogP contribution in [0.5, 0.6) is 0 Å². The largest absolute Gasteiger partial charge is 0.490 e. The van der Waals surface area contributed by atoms with Crippen molar-refractivity contribution in [2.45, 2.75) is 37.1 Å². The minimum absolute atomic E-state index is 0.0940. The van der Waals surface area contributed by atoms with Crippen LogP contribution in [-0.4, -0.2) is 65.2 Å². The molecule has 27 heavy (non-hydrogen) atoms. The molecule has 7 nitrogen and oxygen atoms in total. The summed E-state index contributed by atoms with van der Waals surface area (Å²) in [6, 6.07) is 1.84. The molecule has 2 aliphatic heterocycles. The Hall–Kier alpha value is -2.20. The van der Waals surface area contributed by atoms with Crippen LogP contribution < -0.4 is 4.90 Å². The second-order valence-electron chi connectivity index (χ2n) is 6.32. The number of carboxylic acids is 1. The Morgan fingerprint density at radius 2 is 2.15 bits per heavy atom. The first-order valence-corrected chi connectivity index (χ1v) is 8.44. The number of piperidine rings is 1. The fourth-order valence-corrected chi connectivity index (χ4v) is 3.12. The van der Waals surface area contributed by atoms with Crippen molar-refractivity contribution < 1.29 is 32.5 Å². The van der Waals surface area contributed by atoms with Crippen LogP contribution in [-0.2, 0) is 14.3 Å². The Balaban J connectivity index is 0.000000321. The van der Waals surface area contributed by atoms with E-state index in [-0.39, 0.29) is 11.7 Å². The van der Waals surface area contributed by atoms with Crippen LogP contribution >= 0.6 is 0 Å². The minimum atomic E-state index is -5.08. The zero-order valence-electron chi connectivity index (χ0n) is 14.7. The van der Waals surface area contributed by atoms with Crippen LogP contribution in [0.15, 0.2) is 31.1 Å². The summed E-state index contributed by atoms with van der Waals surface area (Å²) < 4.78 is 43.6. The molecule has 0 amide bonds. The fourth-order valence-electron chi connectivity index (χ4n) is 3.12. The highest BCUT2D eigenvalue weighted by molar-refractivity contribution is 5.73. The van der Waals surface area contributed by atoms with E-state index >= 15 is 0 Å². The Kier molecular flexibility index (Phi) is 7.14. The van der Waals surface area contributed by atoms with Gasteiger partial charge in [-0.15, -0.1) is 6.58 Å². The summed E-state index contributed by atoms with van der Waals surface area (Å²) in [5, 5.41) is 7.12. The number of alkyl halides is 3. The molecule has 0 aromatic carbocycles. The van der Waals surface area contributed by atoms with Crippen molar-refractivity contribution in [3.63, 3.8) is 0 Å². The average molecular weight is 389 g/mol. The Labute approximate surface area is 154 Å². The van der Waals surface area contributed by atoms with Crippen molar-refractivity contribution in [1.29, 1.82) is 0 Å². The highest BCUT2D eigenvalue weighted by Crippen LogP contribution is 2.36. The van der Waals surface area contributed by atoms with Gasteiger partial charge in [0.15, 0.2) is 0 Å². The SMILES string of the molecule is C=CCOC1COC2(CCCN(c3ncccn3)C2)C1.O=C(O)C(F)(F)F. The number of aliphatic carboxylic acids is 1. The summed E-state index contributed by atoms with van der Waals surface area (Å²) in [6.07, 6.45) is 3.60. The third-order valence-corrected chi connectivity index (χ3v) is 4.24. The Morgan fingerprint density at radius 3 is 2.74 bits per heavy atom. The Morgan fingerprint density at radius 1 is 1.48 bits per heavy atom. The number of aromatic nitrogens is 2. The number of halogens is 3. The molecule has 0 radical (unpaired) electrons. The lowest BCUT2D eigenvalue weighted by molar-refractivity contribution is -0.192. The Bertz CT molecular complexity index is 630. The normalized spacial score (nSPS) is 25.0. The lowest BCUT2D eigenvalue weighted by atomic mass is 9.89. The molecule has 0 saturated carbocycles. The van der Waals surface area contributed by atoms with E-state index in [0.717, 1.165) is 38.3 Å². The van der Waals surface area contributed by atoms with Crippen LogP contribution in [0.4, 0.5) is 19.1 Å². The number of hydrogen-bond donors (Lipinski definition) is 1. The molecule has 1 aromatic heterocycles. The topological polar surface area (TPSA) is 84.8 Å². The quantitative estimate of drug-likeness (QED) is 0.792. The van der Waals surface area contributed by atoms with E-state index < -0.39 is 12.1 Å². The second kappa shape index (κ2) is 9.14. The van der Waals surface area contributed by atoms with Crippen LogP contribution in [0.2, 0.25) is 0 Å². The predicted molar refractivity (Wildman–Crippen MR) is 90.4 cm³/mol. The van der Waals surface area contributed by atoms with Crippen LogP contribution in [0.1, 0.15) is 19.3 Å². The van der Waals surface area contributed by atoms with E-state index in [1.165, 1.54) is 0 Å². The first-order chi connectivity index (χ1) is 12.8. The molecule has 10 heteroatoms. The maximum Gasteiger partial charge on any atom is 0.490 e. The number of carboxylic acid groups (broad SMARTS) is 1. The molecular formula is C17H22F3N3O4. The van der Waals surface area contributed by atoms with E-state index in [9.17, 15) is 13.2 Å². The van der Waals surface area contributed by atoms with E-state index in [2.05, 4.69) is 21.4 Å². The third-order valence-electron chi connectivity index (χ3n) is 4.24. The van der Waals surface area contributed by atoms with E-state index in [0.29, 0.717) is 13.2 Å². The van der Waals surface area contributed by atoms with Crippen molar-refractivity contribution in [3.8, 4) is 0 Å². The van der Waals surface area contributed by atoms with Crippen molar-refractivity contribution in [1.82, 2.24) is 9.97 Å².